The third-order valence-electron chi connectivity index (χ3n) is 3.44. The van der Waals surface area contributed by atoms with Crippen LogP contribution in [0.2, 0.25) is 0 Å². The first-order valence-electron chi connectivity index (χ1n) is 6.67. The van der Waals surface area contributed by atoms with Crippen molar-refractivity contribution in [3.8, 4) is 0 Å². The second-order valence-electron chi connectivity index (χ2n) is 4.81. The van der Waals surface area contributed by atoms with Gasteiger partial charge >= 0.3 is 0 Å². The largest absolute Gasteiger partial charge is 0.380 e. The molecule has 2 nitrogen and oxygen atoms in total. The van der Waals surface area contributed by atoms with Crippen molar-refractivity contribution in [3.63, 3.8) is 0 Å². The van der Waals surface area contributed by atoms with Gasteiger partial charge in [-0.3, -0.25) is 0 Å². The van der Waals surface area contributed by atoms with E-state index < -0.39 is 0 Å². The number of hydrogen-bond donors (Lipinski definition) is 0. The average molecular weight is 292 g/mol. The summed E-state index contributed by atoms with van der Waals surface area (Å²) in [7, 11) is 2.23. The number of alkyl halides is 1. The Hall–Kier alpha value is 0.400. The first-order chi connectivity index (χ1) is 7.75. The molecule has 1 saturated carbocycles. The van der Waals surface area contributed by atoms with E-state index in [0.29, 0.717) is 10.9 Å². The van der Waals surface area contributed by atoms with Crippen LogP contribution in [-0.2, 0) is 4.74 Å². The minimum Gasteiger partial charge on any atom is -0.380 e. The van der Waals surface area contributed by atoms with Crippen molar-refractivity contribution in [1.82, 2.24) is 4.90 Å². The van der Waals surface area contributed by atoms with Crippen LogP contribution in [0.1, 0.15) is 45.4 Å². The maximum Gasteiger partial charge on any atom is 0.0593 e. The highest BCUT2D eigenvalue weighted by atomic mass is 79.9. The van der Waals surface area contributed by atoms with E-state index in [1.165, 1.54) is 38.5 Å². The molecule has 1 rings (SSSR count). The topological polar surface area (TPSA) is 12.5 Å². The van der Waals surface area contributed by atoms with Crippen molar-refractivity contribution in [1.29, 1.82) is 0 Å². The number of likely N-dealkylation sites (N-methyl/N-ethyl adjacent to an activating group) is 1. The van der Waals surface area contributed by atoms with Crippen LogP contribution >= 0.6 is 15.9 Å². The van der Waals surface area contributed by atoms with Gasteiger partial charge in [-0.2, -0.15) is 0 Å². The lowest BCUT2D eigenvalue weighted by Gasteiger charge is -2.35. The van der Waals surface area contributed by atoms with Crippen molar-refractivity contribution in [2.45, 2.75) is 56.3 Å². The predicted octanol–water partition coefficient (Wildman–Crippen LogP) is 3.44. The van der Waals surface area contributed by atoms with Gasteiger partial charge in [0.15, 0.2) is 0 Å². The fraction of sp³-hybridized carbons (Fsp3) is 1.00. The maximum absolute atomic E-state index is 5.61. The van der Waals surface area contributed by atoms with Crippen molar-refractivity contribution in [2.24, 2.45) is 0 Å². The Balaban J connectivity index is 2.10. The molecule has 2 atom stereocenters. The summed E-state index contributed by atoms with van der Waals surface area (Å²) in [5.74, 6) is 0. The first-order valence-corrected chi connectivity index (χ1v) is 7.59. The number of rotatable bonds is 7. The van der Waals surface area contributed by atoms with E-state index in [2.05, 4.69) is 34.8 Å². The fourth-order valence-electron chi connectivity index (χ4n) is 2.29. The molecule has 0 aromatic carbocycles. The summed E-state index contributed by atoms with van der Waals surface area (Å²) in [5.41, 5.74) is 0. The van der Waals surface area contributed by atoms with Gasteiger partial charge in [0.25, 0.3) is 0 Å². The molecule has 0 aromatic rings. The van der Waals surface area contributed by atoms with Gasteiger partial charge in [0, 0.05) is 24.0 Å². The number of unbranched alkanes of at least 4 members (excludes halogenated alkanes) is 1. The third kappa shape index (κ3) is 5.15. The first kappa shape index (κ1) is 14.5. The summed E-state index contributed by atoms with van der Waals surface area (Å²) < 4.78 is 5.61. The van der Waals surface area contributed by atoms with Crippen molar-refractivity contribution >= 4 is 15.9 Å². The Morgan fingerprint density at radius 3 is 2.69 bits per heavy atom. The summed E-state index contributed by atoms with van der Waals surface area (Å²) in [6.45, 7) is 5.07. The lowest BCUT2D eigenvalue weighted by Crippen LogP contribution is -2.42. The van der Waals surface area contributed by atoms with Crippen LogP contribution < -0.4 is 0 Å². The molecule has 0 aromatic heterocycles. The van der Waals surface area contributed by atoms with Crippen LogP contribution in [0.25, 0.3) is 0 Å². The second kappa shape index (κ2) is 8.48. The van der Waals surface area contributed by atoms with Crippen molar-refractivity contribution in [3.05, 3.63) is 0 Å². The Labute approximate surface area is 109 Å². The summed E-state index contributed by atoms with van der Waals surface area (Å²) in [4.78, 5) is 3.15. The molecule has 1 aliphatic rings. The number of nitrogens with zero attached hydrogens (tertiary/aromatic N) is 1. The smallest absolute Gasteiger partial charge is 0.0593 e. The zero-order valence-corrected chi connectivity index (χ0v) is 12.3. The molecule has 2 unspecified atom stereocenters. The minimum absolute atomic E-state index is 0.682. The van der Waals surface area contributed by atoms with Gasteiger partial charge in [-0.25, -0.2) is 0 Å². The van der Waals surface area contributed by atoms with E-state index in [9.17, 15) is 0 Å². The van der Waals surface area contributed by atoms with E-state index >= 15 is 0 Å². The van der Waals surface area contributed by atoms with Gasteiger partial charge in [-0.1, -0.05) is 42.1 Å². The summed E-state index contributed by atoms with van der Waals surface area (Å²) >= 11 is 3.81. The van der Waals surface area contributed by atoms with E-state index in [-0.39, 0.29) is 0 Å². The van der Waals surface area contributed by atoms with Crippen LogP contribution in [0.3, 0.4) is 0 Å². The molecule has 0 amide bonds. The predicted molar refractivity (Wildman–Crippen MR) is 73.3 cm³/mol. The zero-order valence-electron chi connectivity index (χ0n) is 10.8. The number of halogens is 1. The van der Waals surface area contributed by atoms with Gasteiger partial charge in [0.05, 0.1) is 6.61 Å². The van der Waals surface area contributed by atoms with E-state index in [1.54, 1.807) is 0 Å². The second-order valence-corrected chi connectivity index (χ2v) is 5.99. The average Bonchev–Trinajstić information content (AvgIpc) is 2.29. The summed E-state index contributed by atoms with van der Waals surface area (Å²) in [6, 6.07) is 0.712. The Morgan fingerprint density at radius 1 is 1.25 bits per heavy atom. The van der Waals surface area contributed by atoms with Gasteiger partial charge < -0.3 is 9.64 Å². The number of ether oxygens (including phenoxy) is 1. The molecule has 96 valence electrons. The maximum atomic E-state index is 5.61. The molecule has 0 bridgehead atoms. The molecule has 0 spiro atoms. The molecular weight excluding hydrogens is 266 g/mol. The molecular formula is C13H26BrNO. The molecule has 1 aliphatic carbocycles. The number of hydrogen-bond acceptors (Lipinski definition) is 2. The Kier molecular flexibility index (Phi) is 7.67. The molecule has 0 N–H and O–H groups in total. The Morgan fingerprint density at radius 2 is 2.00 bits per heavy atom. The van der Waals surface area contributed by atoms with E-state index in [4.69, 9.17) is 4.74 Å². The Bertz CT molecular complexity index is 177. The van der Waals surface area contributed by atoms with Crippen LogP contribution in [-0.4, -0.2) is 42.6 Å². The molecule has 16 heavy (non-hydrogen) atoms. The summed E-state index contributed by atoms with van der Waals surface area (Å²) in [6.07, 6.45) is 7.84. The standard InChI is InChI=1S/C13H26BrNO/c1-3-4-10-16-11-9-15(2)13-8-6-5-7-12(13)14/h12-13H,3-11H2,1-2H3. The molecule has 0 heterocycles. The molecule has 1 fully saturated rings. The highest BCUT2D eigenvalue weighted by Gasteiger charge is 2.25. The van der Waals surface area contributed by atoms with Crippen molar-refractivity contribution < 1.29 is 4.74 Å². The molecule has 3 heteroatoms. The van der Waals surface area contributed by atoms with Crippen LogP contribution in [0.15, 0.2) is 0 Å². The van der Waals surface area contributed by atoms with Gasteiger partial charge in [0.2, 0.25) is 0 Å². The minimum atomic E-state index is 0.682. The lowest BCUT2D eigenvalue weighted by atomic mass is 9.94. The lowest BCUT2D eigenvalue weighted by molar-refractivity contribution is 0.0902. The zero-order chi connectivity index (χ0) is 11.8. The molecule has 0 saturated heterocycles. The van der Waals surface area contributed by atoms with Crippen LogP contribution in [0.4, 0.5) is 0 Å². The molecule has 0 radical (unpaired) electrons. The third-order valence-corrected chi connectivity index (χ3v) is 4.51. The van der Waals surface area contributed by atoms with Crippen molar-refractivity contribution in [2.75, 3.05) is 26.8 Å². The van der Waals surface area contributed by atoms with Gasteiger partial charge in [0.1, 0.15) is 0 Å². The van der Waals surface area contributed by atoms with Gasteiger partial charge in [-0.05, 0) is 26.3 Å². The van der Waals surface area contributed by atoms with Crippen LogP contribution in [0.5, 0.6) is 0 Å². The fourth-order valence-corrected chi connectivity index (χ4v) is 3.28. The van der Waals surface area contributed by atoms with Gasteiger partial charge in [-0.15, -0.1) is 0 Å². The monoisotopic (exact) mass is 291 g/mol. The SMILES string of the molecule is CCCCOCCN(C)C1CCCCC1Br. The summed E-state index contributed by atoms with van der Waals surface area (Å²) in [5, 5.41) is 0. The quantitative estimate of drug-likeness (QED) is 0.526. The molecule has 0 aliphatic heterocycles. The van der Waals surface area contributed by atoms with E-state index in [0.717, 1.165) is 19.8 Å². The normalized spacial score (nSPS) is 26.2. The van der Waals surface area contributed by atoms with Crippen LogP contribution in [0, 0.1) is 0 Å². The highest BCUT2D eigenvalue weighted by Crippen LogP contribution is 2.27. The highest BCUT2D eigenvalue weighted by molar-refractivity contribution is 9.09. The van der Waals surface area contributed by atoms with E-state index in [1.807, 2.05) is 0 Å².